The molecule has 0 saturated carbocycles. The average molecular weight is 231 g/mol. The third-order valence-electron chi connectivity index (χ3n) is 2.05. The monoisotopic (exact) mass is 231 g/mol. The minimum atomic E-state index is -0.193. The third kappa shape index (κ3) is 3.49. The number of thioether (sulfide) groups is 1. The molecule has 1 aromatic rings. The number of ether oxygens (including phenoxy) is 1. The van der Waals surface area contributed by atoms with E-state index in [2.05, 4.69) is 4.98 Å². The molecule has 86 valence electrons. The summed E-state index contributed by atoms with van der Waals surface area (Å²) in [5.74, 6) is 0. The van der Waals surface area contributed by atoms with Gasteiger partial charge >= 0.3 is 0 Å². The van der Waals surface area contributed by atoms with Crippen LogP contribution in [0, 0.1) is 0 Å². The second kappa shape index (κ2) is 6.12. The first-order valence-electron chi connectivity index (χ1n) is 4.68. The Kier molecular flexibility index (Phi) is 5.10. The van der Waals surface area contributed by atoms with E-state index in [0.717, 1.165) is 5.16 Å². The molecular formula is C9H17N3O2S. The van der Waals surface area contributed by atoms with E-state index in [0.29, 0.717) is 6.61 Å². The van der Waals surface area contributed by atoms with Crippen LogP contribution in [0.4, 0.5) is 0 Å². The van der Waals surface area contributed by atoms with Gasteiger partial charge in [0, 0.05) is 32.6 Å². The molecular weight excluding hydrogens is 214 g/mol. The zero-order valence-corrected chi connectivity index (χ0v) is 9.78. The Balaban J connectivity index is 2.57. The first-order chi connectivity index (χ1) is 7.19. The number of aliphatic hydroxyl groups excluding tert-OH is 1. The molecule has 6 heteroatoms. The van der Waals surface area contributed by atoms with Gasteiger partial charge < -0.3 is 20.1 Å². The van der Waals surface area contributed by atoms with Gasteiger partial charge in [0.15, 0.2) is 5.16 Å². The quantitative estimate of drug-likeness (QED) is 0.666. The average Bonchev–Trinajstić information content (AvgIpc) is 2.61. The van der Waals surface area contributed by atoms with Gasteiger partial charge in [0.25, 0.3) is 0 Å². The van der Waals surface area contributed by atoms with Crippen molar-refractivity contribution in [3.05, 3.63) is 12.4 Å². The molecule has 1 rings (SSSR count). The Morgan fingerprint density at radius 2 is 2.47 bits per heavy atom. The molecule has 2 atom stereocenters. The van der Waals surface area contributed by atoms with E-state index in [1.165, 1.54) is 11.8 Å². The van der Waals surface area contributed by atoms with Crippen molar-refractivity contribution < 1.29 is 9.84 Å². The predicted molar refractivity (Wildman–Crippen MR) is 59.8 cm³/mol. The Morgan fingerprint density at radius 1 is 1.73 bits per heavy atom. The summed E-state index contributed by atoms with van der Waals surface area (Å²) >= 11 is 1.47. The van der Waals surface area contributed by atoms with Crippen LogP contribution in [-0.4, -0.2) is 46.3 Å². The number of hydrogen-bond acceptors (Lipinski definition) is 5. The SMILES string of the molecule is COCC(N)C(CO)Sc1nccn1C. The highest BCUT2D eigenvalue weighted by atomic mass is 32.2. The number of aryl methyl sites for hydroxylation is 1. The molecule has 0 radical (unpaired) electrons. The zero-order chi connectivity index (χ0) is 11.3. The van der Waals surface area contributed by atoms with Crippen LogP contribution in [0.5, 0.6) is 0 Å². The van der Waals surface area contributed by atoms with E-state index in [4.69, 9.17) is 10.5 Å². The molecule has 2 unspecified atom stereocenters. The first kappa shape index (κ1) is 12.5. The minimum Gasteiger partial charge on any atom is -0.395 e. The summed E-state index contributed by atoms with van der Waals surface area (Å²) in [6.45, 7) is 0.449. The molecule has 0 fully saturated rings. The summed E-state index contributed by atoms with van der Waals surface area (Å²) in [5.41, 5.74) is 5.86. The van der Waals surface area contributed by atoms with Crippen molar-refractivity contribution >= 4 is 11.8 Å². The maximum atomic E-state index is 9.22. The molecule has 3 N–H and O–H groups in total. The zero-order valence-electron chi connectivity index (χ0n) is 8.96. The third-order valence-corrected chi connectivity index (χ3v) is 3.46. The molecule has 0 amide bonds. The molecule has 0 aliphatic rings. The molecule has 0 aliphatic heterocycles. The number of nitrogens with zero attached hydrogens (tertiary/aromatic N) is 2. The van der Waals surface area contributed by atoms with Gasteiger partial charge in [0.2, 0.25) is 0 Å². The highest BCUT2D eigenvalue weighted by Gasteiger charge is 2.19. The fourth-order valence-corrected chi connectivity index (χ4v) is 2.11. The van der Waals surface area contributed by atoms with Crippen LogP contribution in [0.3, 0.4) is 0 Å². The number of aromatic nitrogens is 2. The second-order valence-corrected chi connectivity index (χ2v) is 4.49. The van der Waals surface area contributed by atoms with Crippen molar-refractivity contribution in [1.29, 1.82) is 0 Å². The molecule has 1 aromatic heterocycles. The van der Waals surface area contributed by atoms with Crippen LogP contribution in [0.1, 0.15) is 0 Å². The van der Waals surface area contributed by atoms with E-state index >= 15 is 0 Å². The Hall–Kier alpha value is -0.560. The molecule has 15 heavy (non-hydrogen) atoms. The van der Waals surface area contributed by atoms with Gasteiger partial charge in [-0.05, 0) is 0 Å². The summed E-state index contributed by atoms with van der Waals surface area (Å²) < 4.78 is 6.85. The smallest absolute Gasteiger partial charge is 0.168 e. The summed E-state index contributed by atoms with van der Waals surface area (Å²) in [6.07, 6.45) is 3.58. The maximum absolute atomic E-state index is 9.22. The Morgan fingerprint density at radius 3 is 2.93 bits per heavy atom. The van der Waals surface area contributed by atoms with Crippen LogP contribution in [0.2, 0.25) is 0 Å². The minimum absolute atomic E-state index is 0.0159. The lowest BCUT2D eigenvalue weighted by molar-refractivity contribution is 0.167. The van der Waals surface area contributed by atoms with Gasteiger partial charge in [0.1, 0.15) is 0 Å². The number of nitrogens with two attached hydrogens (primary N) is 1. The van der Waals surface area contributed by atoms with Gasteiger partial charge in [0.05, 0.1) is 18.5 Å². The van der Waals surface area contributed by atoms with Gasteiger partial charge in [-0.15, -0.1) is 0 Å². The van der Waals surface area contributed by atoms with E-state index in [1.807, 2.05) is 17.8 Å². The van der Waals surface area contributed by atoms with Crippen molar-refractivity contribution in [2.45, 2.75) is 16.4 Å². The molecule has 1 heterocycles. The van der Waals surface area contributed by atoms with Gasteiger partial charge in [-0.2, -0.15) is 0 Å². The summed E-state index contributed by atoms with van der Waals surface area (Å²) in [6, 6.07) is -0.193. The van der Waals surface area contributed by atoms with Gasteiger partial charge in [-0.25, -0.2) is 4.98 Å². The van der Waals surface area contributed by atoms with Crippen LogP contribution in [0.25, 0.3) is 0 Å². The number of imidazole rings is 1. The molecule has 0 bridgehead atoms. The maximum Gasteiger partial charge on any atom is 0.168 e. The van der Waals surface area contributed by atoms with Crippen molar-refractivity contribution in [2.24, 2.45) is 12.8 Å². The molecule has 0 aliphatic carbocycles. The Bertz CT molecular complexity index is 293. The van der Waals surface area contributed by atoms with Crippen LogP contribution in [0.15, 0.2) is 17.6 Å². The van der Waals surface area contributed by atoms with Crippen LogP contribution in [-0.2, 0) is 11.8 Å². The van der Waals surface area contributed by atoms with Crippen molar-refractivity contribution in [3.63, 3.8) is 0 Å². The van der Waals surface area contributed by atoms with Crippen molar-refractivity contribution in [2.75, 3.05) is 20.3 Å². The molecule has 0 spiro atoms. The fraction of sp³-hybridized carbons (Fsp3) is 0.667. The highest BCUT2D eigenvalue weighted by molar-refractivity contribution is 7.99. The van der Waals surface area contributed by atoms with Gasteiger partial charge in [-0.1, -0.05) is 11.8 Å². The number of rotatable bonds is 6. The van der Waals surface area contributed by atoms with E-state index in [1.54, 1.807) is 13.3 Å². The first-order valence-corrected chi connectivity index (χ1v) is 5.56. The lowest BCUT2D eigenvalue weighted by Gasteiger charge is -2.20. The lowest BCUT2D eigenvalue weighted by Crippen LogP contribution is -2.38. The van der Waals surface area contributed by atoms with E-state index < -0.39 is 0 Å². The topological polar surface area (TPSA) is 73.3 Å². The number of aliphatic hydroxyl groups is 1. The largest absolute Gasteiger partial charge is 0.395 e. The second-order valence-electron chi connectivity index (χ2n) is 3.28. The summed E-state index contributed by atoms with van der Waals surface area (Å²) in [7, 11) is 3.51. The lowest BCUT2D eigenvalue weighted by atomic mass is 10.2. The van der Waals surface area contributed by atoms with E-state index in [9.17, 15) is 5.11 Å². The normalized spacial score (nSPS) is 15.2. The summed E-state index contributed by atoms with van der Waals surface area (Å²) in [4.78, 5) is 4.16. The van der Waals surface area contributed by atoms with E-state index in [-0.39, 0.29) is 17.9 Å². The van der Waals surface area contributed by atoms with Crippen LogP contribution >= 0.6 is 11.8 Å². The summed E-state index contributed by atoms with van der Waals surface area (Å²) in [5, 5.41) is 9.98. The highest BCUT2D eigenvalue weighted by Crippen LogP contribution is 2.22. The predicted octanol–water partition coefficient (Wildman–Crippen LogP) is -0.153. The fourth-order valence-electron chi connectivity index (χ4n) is 1.16. The molecule has 5 nitrogen and oxygen atoms in total. The standard InChI is InChI=1S/C9H17N3O2S/c1-12-4-3-11-9(12)15-8(5-13)7(10)6-14-2/h3-4,7-8,13H,5-6,10H2,1-2H3. The Labute approximate surface area is 93.6 Å². The van der Waals surface area contributed by atoms with Crippen LogP contribution < -0.4 is 5.73 Å². The van der Waals surface area contributed by atoms with Gasteiger partial charge in [-0.3, -0.25) is 0 Å². The number of hydrogen-bond donors (Lipinski definition) is 2. The molecule has 0 aromatic carbocycles. The number of methoxy groups -OCH3 is 1. The van der Waals surface area contributed by atoms with Crippen molar-refractivity contribution in [1.82, 2.24) is 9.55 Å². The molecule has 0 saturated heterocycles. The van der Waals surface area contributed by atoms with Crippen molar-refractivity contribution in [3.8, 4) is 0 Å².